The van der Waals surface area contributed by atoms with Crippen LogP contribution < -0.4 is 0 Å². The second-order valence-corrected chi connectivity index (χ2v) is 8.25. The van der Waals surface area contributed by atoms with E-state index >= 15 is 0 Å². The molecule has 1 aromatic carbocycles. The van der Waals surface area contributed by atoms with Gasteiger partial charge in [-0.05, 0) is 24.3 Å². The Kier molecular flexibility index (Phi) is 9.15. The largest absolute Gasteiger partial charge is 0.463 e. The van der Waals surface area contributed by atoms with Gasteiger partial charge in [-0.1, -0.05) is 23.4 Å². The highest BCUT2D eigenvalue weighted by Gasteiger charge is 2.52. The molecule has 9 nitrogen and oxygen atoms in total. The van der Waals surface area contributed by atoms with Gasteiger partial charge in [0.05, 0.1) is 0 Å². The fourth-order valence-corrected chi connectivity index (χ4v) is 4.16. The molecule has 0 bridgehead atoms. The van der Waals surface area contributed by atoms with Crippen LogP contribution in [0, 0.1) is 0 Å². The van der Waals surface area contributed by atoms with Crippen molar-refractivity contribution in [1.29, 1.82) is 0 Å². The Hall–Kier alpha value is -2.30. The van der Waals surface area contributed by atoms with E-state index in [1.165, 1.54) is 39.5 Å². The summed E-state index contributed by atoms with van der Waals surface area (Å²) in [5, 5.41) is 0.533. The van der Waals surface area contributed by atoms with Crippen molar-refractivity contribution >= 4 is 47.2 Å². The van der Waals surface area contributed by atoms with Crippen molar-refractivity contribution in [1.82, 2.24) is 0 Å². The van der Waals surface area contributed by atoms with E-state index in [0.29, 0.717) is 5.02 Å². The first kappa shape index (κ1) is 25.0. The second-order valence-electron chi connectivity index (χ2n) is 6.64. The monoisotopic (exact) mass is 474 g/mol. The quantitative estimate of drug-likeness (QED) is 0.431. The van der Waals surface area contributed by atoms with E-state index in [-0.39, 0.29) is 6.61 Å². The summed E-state index contributed by atoms with van der Waals surface area (Å²) in [5.74, 6) is -2.57. The summed E-state index contributed by atoms with van der Waals surface area (Å²) in [5.41, 5.74) is -0.873. The van der Waals surface area contributed by atoms with Crippen molar-refractivity contribution in [3.8, 4) is 0 Å². The van der Waals surface area contributed by atoms with Crippen LogP contribution in [0.3, 0.4) is 0 Å². The number of benzene rings is 1. The topological polar surface area (TPSA) is 114 Å². The normalized spacial score (nSPS) is 25.3. The minimum Gasteiger partial charge on any atom is -0.463 e. The van der Waals surface area contributed by atoms with E-state index in [9.17, 15) is 19.2 Å². The molecule has 0 saturated carbocycles. The minimum absolute atomic E-state index is 0.268. The third-order valence-electron chi connectivity index (χ3n) is 4.01. The number of thioether (sulfide) groups is 1. The first-order chi connectivity index (χ1) is 14.6. The smallest absolute Gasteiger partial charge is 0.303 e. The lowest BCUT2D eigenvalue weighted by molar-refractivity contribution is -0.237. The van der Waals surface area contributed by atoms with Gasteiger partial charge in [-0.3, -0.25) is 19.2 Å². The molecule has 1 fully saturated rings. The molecular weight excluding hydrogens is 452 g/mol. The molecule has 0 aliphatic carbocycles. The summed E-state index contributed by atoms with van der Waals surface area (Å²) in [4.78, 5) is 47.4. The number of hydrogen-bond acceptors (Lipinski definition) is 10. The zero-order valence-corrected chi connectivity index (χ0v) is 18.9. The Morgan fingerprint density at radius 2 is 1.35 bits per heavy atom. The average Bonchev–Trinajstić information content (AvgIpc) is 2.65. The molecule has 0 spiro atoms. The summed E-state index contributed by atoms with van der Waals surface area (Å²) >= 11 is 7.11. The molecule has 1 saturated heterocycles. The van der Waals surface area contributed by atoms with Gasteiger partial charge >= 0.3 is 23.9 Å². The number of esters is 4. The van der Waals surface area contributed by atoms with Crippen LogP contribution in [0.1, 0.15) is 27.7 Å². The van der Waals surface area contributed by atoms with Crippen molar-refractivity contribution in [2.45, 2.75) is 62.4 Å². The number of hydrogen-bond donors (Lipinski definition) is 0. The van der Waals surface area contributed by atoms with E-state index in [1.807, 2.05) is 0 Å². The molecule has 3 unspecified atom stereocenters. The molecule has 31 heavy (non-hydrogen) atoms. The number of carbonyl (C=O) groups excluding carboxylic acids is 4. The average molecular weight is 475 g/mol. The molecule has 1 aliphatic heterocycles. The molecule has 1 heterocycles. The first-order valence-electron chi connectivity index (χ1n) is 9.29. The van der Waals surface area contributed by atoms with Crippen molar-refractivity contribution < 1.29 is 42.9 Å². The van der Waals surface area contributed by atoms with Crippen LogP contribution in [0.15, 0.2) is 29.2 Å². The zero-order chi connectivity index (χ0) is 23.1. The van der Waals surface area contributed by atoms with Gasteiger partial charge in [0.1, 0.15) is 18.1 Å². The number of carbonyl (C=O) groups is 4. The minimum atomic E-state index is -1.19. The predicted molar refractivity (Wildman–Crippen MR) is 109 cm³/mol. The number of halogens is 1. The summed E-state index contributed by atoms with van der Waals surface area (Å²) in [6.45, 7) is 4.49. The van der Waals surface area contributed by atoms with Crippen molar-refractivity contribution in [2.24, 2.45) is 0 Å². The van der Waals surface area contributed by atoms with E-state index in [1.54, 1.807) is 24.3 Å². The molecule has 0 aromatic heterocycles. The zero-order valence-electron chi connectivity index (χ0n) is 17.4. The van der Waals surface area contributed by atoms with Gasteiger partial charge in [0.2, 0.25) is 0 Å². The highest BCUT2D eigenvalue weighted by Crippen LogP contribution is 2.37. The number of rotatable bonds is 7. The SMILES string of the molecule is CC(=O)OCC1O[C@@H](Sc2ccc(Cl)cc2)C(OC(C)=O)C(OC(C)=O)[C@H]1OC(C)=O. The van der Waals surface area contributed by atoms with Crippen LogP contribution in [-0.2, 0) is 42.9 Å². The maximum atomic E-state index is 11.8. The molecule has 0 N–H and O–H groups in total. The standard InChI is InChI=1S/C20H23ClO9S/c1-10(22)26-9-16-17(27-11(2)23)18(28-12(3)24)19(29-13(4)25)20(30-16)31-15-7-5-14(21)6-8-15/h5-8,16-20H,9H2,1-4H3/t16?,17-,18?,19?,20-/m0/s1. The predicted octanol–water partition coefficient (Wildman–Crippen LogP) is 2.52. The van der Waals surface area contributed by atoms with Crippen LogP contribution >= 0.6 is 23.4 Å². The van der Waals surface area contributed by atoms with Crippen molar-refractivity contribution in [3.05, 3.63) is 29.3 Å². The molecule has 170 valence electrons. The molecule has 5 atom stereocenters. The molecule has 0 amide bonds. The van der Waals surface area contributed by atoms with Crippen LogP contribution in [0.2, 0.25) is 5.02 Å². The molecule has 2 rings (SSSR count). The summed E-state index contributed by atoms with van der Waals surface area (Å²) in [7, 11) is 0. The maximum absolute atomic E-state index is 11.8. The Balaban J connectivity index is 2.43. The third kappa shape index (κ3) is 7.71. The van der Waals surface area contributed by atoms with Gasteiger partial charge in [-0.25, -0.2) is 0 Å². The molecule has 11 heteroatoms. The van der Waals surface area contributed by atoms with E-state index in [0.717, 1.165) is 4.90 Å². The maximum Gasteiger partial charge on any atom is 0.303 e. The van der Waals surface area contributed by atoms with E-state index < -0.39 is 53.7 Å². The van der Waals surface area contributed by atoms with Crippen LogP contribution in [-0.4, -0.2) is 60.3 Å². The Bertz CT molecular complexity index is 813. The third-order valence-corrected chi connectivity index (χ3v) is 5.42. The highest BCUT2D eigenvalue weighted by atomic mass is 35.5. The Morgan fingerprint density at radius 1 is 0.839 bits per heavy atom. The Morgan fingerprint density at radius 3 is 1.87 bits per heavy atom. The van der Waals surface area contributed by atoms with Crippen molar-refractivity contribution in [3.63, 3.8) is 0 Å². The fraction of sp³-hybridized carbons (Fsp3) is 0.500. The number of ether oxygens (including phenoxy) is 5. The molecule has 0 radical (unpaired) electrons. The van der Waals surface area contributed by atoms with E-state index in [2.05, 4.69) is 0 Å². The van der Waals surface area contributed by atoms with Crippen LogP contribution in [0.4, 0.5) is 0 Å². The van der Waals surface area contributed by atoms with Crippen molar-refractivity contribution in [2.75, 3.05) is 6.61 Å². The lowest BCUT2D eigenvalue weighted by atomic mass is 9.99. The van der Waals surface area contributed by atoms with Gasteiger partial charge in [0.25, 0.3) is 0 Å². The fourth-order valence-electron chi connectivity index (χ4n) is 2.93. The summed E-state index contributed by atoms with van der Waals surface area (Å²) in [6.07, 6.45) is -4.45. The molecule has 1 aromatic rings. The van der Waals surface area contributed by atoms with Gasteiger partial charge in [-0.2, -0.15) is 0 Å². The second kappa shape index (κ2) is 11.4. The van der Waals surface area contributed by atoms with Crippen LogP contribution in [0.25, 0.3) is 0 Å². The molecule has 1 aliphatic rings. The van der Waals surface area contributed by atoms with Gasteiger partial charge in [0, 0.05) is 37.6 Å². The highest BCUT2D eigenvalue weighted by molar-refractivity contribution is 7.99. The lowest BCUT2D eigenvalue weighted by Crippen LogP contribution is -2.61. The van der Waals surface area contributed by atoms with Crippen LogP contribution in [0.5, 0.6) is 0 Å². The van der Waals surface area contributed by atoms with Gasteiger partial charge < -0.3 is 23.7 Å². The van der Waals surface area contributed by atoms with Gasteiger partial charge in [0.15, 0.2) is 18.3 Å². The molecular formula is C20H23ClO9S. The summed E-state index contributed by atoms with van der Waals surface area (Å²) in [6, 6.07) is 6.83. The summed E-state index contributed by atoms with van der Waals surface area (Å²) < 4.78 is 27.2. The first-order valence-corrected chi connectivity index (χ1v) is 10.5. The Labute approximate surface area is 188 Å². The van der Waals surface area contributed by atoms with Gasteiger partial charge in [-0.15, -0.1) is 0 Å². The lowest BCUT2D eigenvalue weighted by Gasteiger charge is -2.44. The van der Waals surface area contributed by atoms with E-state index in [4.69, 9.17) is 35.3 Å².